The zero-order chi connectivity index (χ0) is 19.9. The maximum atomic E-state index is 13.2. The van der Waals surface area contributed by atoms with Crippen molar-refractivity contribution in [2.45, 2.75) is 26.6 Å². The number of fused-ring (bicyclic) bond motifs is 1. The number of halogens is 2. The number of nitrogens with one attached hydrogen (secondary N) is 1. The summed E-state index contributed by atoms with van der Waals surface area (Å²) in [7, 11) is 0. The lowest BCUT2D eigenvalue weighted by atomic mass is 10.0. The van der Waals surface area contributed by atoms with Crippen LogP contribution < -0.4 is 14.8 Å². The first-order valence-electron chi connectivity index (χ1n) is 8.48. The highest BCUT2D eigenvalue weighted by molar-refractivity contribution is 7.08. The smallest absolute Gasteiger partial charge is 0.395 e. The summed E-state index contributed by atoms with van der Waals surface area (Å²) in [5, 5.41) is 2.74. The van der Waals surface area contributed by atoms with Crippen LogP contribution in [-0.4, -0.2) is 21.6 Å². The summed E-state index contributed by atoms with van der Waals surface area (Å²) in [6, 6.07) is 6.39. The van der Waals surface area contributed by atoms with Crippen LogP contribution in [0.4, 0.5) is 14.6 Å². The Balaban J connectivity index is 1.55. The number of nitrogens with zero attached hydrogens (tertiary/aromatic N) is 2. The zero-order valence-corrected chi connectivity index (χ0v) is 15.8. The molecule has 0 atom stereocenters. The van der Waals surface area contributed by atoms with E-state index < -0.39 is 6.29 Å². The predicted molar refractivity (Wildman–Crippen MR) is 100 cm³/mol. The minimum Gasteiger partial charge on any atom is -0.395 e. The van der Waals surface area contributed by atoms with Gasteiger partial charge in [0.15, 0.2) is 11.5 Å². The predicted octanol–water partition coefficient (Wildman–Crippen LogP) is 4.65. The second-order valence-corrected chi connectivity index (χ2v) is 7.00. The number of benzene rings is 1. The number of carbonyl (C=O) groups excluding carboxylic acids is 1. The van der Waals surface area contributed by atoms with Gasteiger partial charge in [0.05, 0.1) is 0 Å². The summed E-state index contributed by atoms with van der Waals surface area (Å²) in [6.45, 7) is 3.73. The number of amides is 1. The number of aryl methyl sites for hydroxylation is 2. The number of alkyl halides is 2. The first-order valence-corrected chi connectivity index (χ1v) is 9.25. The molecule has 1 N–H and O–H groups in total. The molecule has 0 saturated carbocycles. The monoisotopic (exact) mass is 403 g/mol. The lowest BCUT2D eigenvalue weighted by molar-refractivity contribution is -0.286. The highest BCUT2D eigenvalue weighted by Crippen LogP contribution is 2.44. The Morgan fingerprint density at radius 1 is 1.21 bits per heavy atom. The molecule has 0 spiro atoms. The van der Waals surface area contributed by atoms with Crippen molar-refractivity contribution in [2.75, 3.05) is 5.32 Å². The molecule has 6 nitrogen and oxygen atoms in total. The van der Waals surface area contributed by atoms with Crippen molar-refractivity contribution >= 4 is 23.3 Å². The van der Waals surface area contributed by atoms with Crippen molar-refractivity contribution in [1.29, 1.82) is 0 Å². The molecule has 3 aromatic rings. The Labute approximate surface area is 163 Å². The van der Waals surface area contributed by atoms with Gasteiger partial charge < -0.3 is 14.8 Å². The summed E-state index contributed by atoms with van der Waals surface area (Å²) in [5.41, 5.74) is 2.99. The summed E-state index contributed by atoms with van der Waals surface area (Å²) in [5.74, 6) is 0.0925. The Morgan fingerprint density at radius 3 is 2.64 bits per heavy atom. The van der Waals surface area contributed by atoms with E-state index in [1.54, 1.807) is 31.5 Å². The lowest BCUT2D eigenvalue weighted by Crippen LogP contribution is -2.25. The number of carbonyl (C=O) groups is 1. The van der Waals surface area contributed by atoms with Gasteiger partial charge in [-0.25, -0.2) is 9.36 Å². The highest BCUT2D eigenvalue weighted by atomic mass is 32.1. The molecule has 1 aliphatic rings. The topological polar surface area (TPSA) is 73.3 Å². The summed E-state index contributed by atoms with van der Waals surface area (Å²) >= 11 is 1.14. The highest BCUT2D eigenvalue weighted by Gasteiger charge is 2.43. The molecule has 0 aliphatic carbocycles. The molecular formula is C19H15F2N3O3S. The summed E-state index contributed by atoms with van der Waals surface area (Å²) < 4.78 is 39.5. The maximum Gasteiger partial charge on any atom is 0.586 e. The molecule has 3 heterocycles. The van der Waals surface area contributed by atoms with Gasteiger partial charge >= 0.3 is 6.29 Å². The van der Waals surface area contributed by atoms with Gasteiger partial charge in [-0.2, -0.15) is 0 Å². The number of anilines is 1. The Bertz CT molecular complexity index is 1050. The van der Waals surface area contributed by atoms with Crippen LogP contribution in [0, 0.1) is 6.92 Å². The number of ether oxygens (including phenoxy) is 2. The van der Waals surface area contributed by atoms with Crippen molar-refractivity contribution in [3.8, 4) is 22.6 Å². The van der Waals surface area contributed by atoms with Crippen molar-refractivity contribution in [2.24, 2.45) is 0 Å². The summed E-state index contributed by atoms with van der Waals surface area (Å²) in [4.78, 5) is 17.2. The molecule has 4 rings (SSSR count). The SMILES string of the molecule is CCc1cnsc1C(=O)Nc1ccc(-c2cc3c(cc2C)OC(F)(F)O3)cn1. The van der Waals surface area contributed by atoms with Crippen molar-refractivity contribution < 1.29 is 23.0 Å². The Kier molecular flexibility index (Phi) is 4.46. The van der Waals surface area contributed by atoms with Crippen molar-refractivity contribution in [3.63, 3.8) is 0 Å². The standard InChI is InChI=1S/C19H15F2N3O3S/c1-3-11-9-23-28-17(11)18(25)24-16-5-4-12(8-22-16)13-7-15-14(6-10(13)2)26-19(20,21)27-15/h4-9H,3H2,1-2H3,(H,22,24,25). The number of rotatable bonds is 4. The van der Waals surface area contributed by atoms with Crippen LogP contribution in [0.2, 0.25) is 0 Å². The van der Waals surface area contributed by atoms with Gasteiger partial charge in [0.25, 0.3) is 5.91 Å². The van der Waals surface area contributed by atoms with Gasteiger partial charge in [0, 0.05) is 18.0 Å². The third-order valence-electron chi connectivity index (χ3n) is 4.30. The van der Waals surface area contributed by atoms with Crippen LogP contribution in [0.15, 0.2) is 36.7 Å². The van der Waals surface area contributed by atoms with Crippen molar-refractivity contribution in [1.82, 2.24) is 9.36 Å². The molecule has 144 valence electrons. The number of pyridine rings is 1. The van der Waals surface area contributed by atoms with Crippen molar-refractivity contribution in [3.05, 3.63) is 52.7 Å². The molecular weight excluding hydrogens is 388 g/mol. The third-order valence-corrected chi connectivity index (χ3v) is 5.14. The van der Waals surface area contributed by atoms with Gasteiger partial charge in [-0.3, -0.25) is 4.79 Å². The largest absolute Gasteiger partial charge is 0.586 e. The fraction of sp³-hybridized carbons (Fsp3) is 0.211. The minimum absolute atomic E-state index is 0.000576. The van der Waals surface area contributed by atoms with Gasteiger partial charge in [0.1, 0.15) is 10.7 Å². The molecule has 0 unspecified atom stereocenters. The second kappa shape index (κ2) is 6.83. The normalized spacial score (nSPS) is 14.1. The molecule has 28 heavy (non-hydrogen) atoms. The van der Waals surface area contributed by atoms with E-state index in [1.165, 1.54) is 12.1 Å². The number of aromatic nitrogens is 2. The van der Waals surface area contributed by atoms with Crippen LogP contribution in [0.1, 0.15) is 27.7 Å². The molecule has 0 bridgehead atoms. The average Bonchev–Trinajstić information content (AvgIpc) is 3.24. The van der Waals surface area contributed by atoms with Crippen LogP contribution in [-0.2, 0) is 6.42 Å². The molecule has 0 fully saturated rings. The number of hydrogen-bond donors (Lipinski definition) is 1. The summed E-state index contributed by atoms with van der Waals surface area (Å²) in [6.07, 6.45) is 0.301. The van der Waals surface area contributed by atoms with E-state index in [-0.39, 0.29) is 17.4 Å². The first kappa shape index (κ1) is 18.3. The van der Waals surface area contributed by atoms with Crippen LogP contribution in [0.5, 0.6) is 11.5 Å². The fourth-order valence-electron chi connectivity index (χ4n) is 2.91. The van der Waals surface area contributed by atoms with Crippen LogP contribution in [0.25, 0.3) is 11.1 Å². The van der Waals surface area contributed by atoms with E-state index in [0.29, 0.717) is 28.2 Å². The molecule has 2 aromatic heterocycles. The molecule has 1 aliphatic heterocycles. The second-order valence-electron chi connectivity index (χ2n) is 6.20. The van der Waals surface area contributed by atoms with Gasteiger partial charge in [-0.05, 0) is 65.8 Å². The van der Waals surface area contributed by atoms with E-state index in [1.807, 2.05) is 6.92 Å². The fourth-order valence-corrected chi connectivity index (χ4v) is 3.64. The third kappa shape index (κ3) is 3.40. The Hall–Kier alpha value is -3.07. The van der Waals surface area contributed by atoms with E-state index in [4.69, 9.17) is 0 Å². The Morgan fingerprint density at radius 2 is 1.96 bits per heavy atom. The molecule has 1 amide bonds. The number of hydrogen-bond acceptors (Lipinski definition) is 6. The minimum atomic E-state index is -3.66. The van der Waals surface area contributed by atoms with Gasteiger partial charge in [-0.15, -0.1) is 8.78 Å². The molecule has 1 aromatic carbocycles. The quantitative estimate of drug-likeness (QED) is 0.687. The van der Waals surface area contributed by atoms with E-state index >= 15 is 0 Å². The van der Waals surface area contributed by atoms with Gasteiger partial charge in [-0.1, -0.05) is 6.92 Å². The van der Waals surface area contributed by atoms with E-state index in [2.05, 4.69) is 24.1 Å². The molecule has 0 saturated heterocycles. The zero-order valence-electron chi connectivity index (χ0n) is 15.0. The average molecular weight is 403 g/mol. The van der Waals surface area contributed by atoms with Crippen LogP contribution >= 0.6 is 11.5 Å². The maximum absolute atomic E-state index is 13.2. The van der Waals surface area contributed by atoms with Gasteiger partial charge in [0.2, 0.25) is 0 Å². The molecule has 0 radical (unpaired) electrons. The van der Waals surface area contributed by atoms with E-state index in [9.17, 15) is 13.6 Å². The molecule has 9 heteroatoms. The van der Waals surface area contributed by atoms with Crippen LogP contribution in [0.3, 0.4) is 0 Å². The van der Waals surface area contributed by atoms with E-state index in [0.717, 1.165) is 22.7 Å². The first-order chi connectivity index (χ1) is 13.4. The lowest BCUT2D eigenvalue weighted by Gasteiger charge is -2.09.